The van der Waals surface area contributed by atoms with Crippen LogP contribution < -0.4 is 0 Å². The Kier molecular flexibility index (Phi) is 5.41. The van der Waals surface area contributed by atoms with Gasteiger partial charge in [-0.25, -0.2) is 14.8 Å². The van der Waals surface area contributed by atoms with E-state index in [1.807, 2.05) is 0 Å². The predicted octanol–water partition coefficient (Wildman–Crippen LogP) is 0.734. The van der Waals surface area contributed by atoms with E-state index in [0.717, 1.165) is 6.08 Å². The number of aromatic nitrogens is 2. The van der Waals surface area contributed by atoms with Gasteiger partial charge in [0.25, 0.3) is 0 Å². The quantitative estimate of drug-likeness (QED) is 0.602. The minimum atomic E-state index is -0.981. The molecule has 11 heavy (non-hydrogen) atoms. The van der Waals surface area contributed by atoms with E-state index in [1.54, 1.807) is 18.5 Å². The minimum absolute atomic E-state index is 0.833. The van der Waals surface area contributed by atoms with Gasteiger partial charge >= 0.3 is 5.97 Å². The van der Waals surface area contributed by atoms with Crippen LogP contribution >= 0.6 is 0 Å². The highest BCUT2D eigenvalue weighted by Gasteiger charge is 1.73. The maximum Gasteiger partial charge on any atom is 0.327 e. The zero-order valence-corrected chi connectivity index (χ0v) is 5.84. The minimum Gasteiger partial charge on any atom is -0.478 e. The molecule has 4 heteroatoms. The van der Waals surface area contributed by atoms with E-state index in [-0.39, 0.29) is 0 Å². The molecule has 0 aliphatic rings. The highest BCUT2D eigenvalue weighted by Crippen LogP contribution is 1.66. The van der Waals surface area contributed by atoms with E-state index in [0.29, 0.717) is 0 Å². The first kappa shape index (κ1) is 9.29. The number of rotatable bonds is 1. The van der Waals surface area contributed by atoms with Gasteiger partial charge in [0, 0.05) is 18.5 Å². The Labute approximate surface area is 64.2 Å². The lowest BCUT2D eigenvalue weighted by molar-refractivity contribution is -0.131. The van der Waals surface area contributed by atoms with Crippen LogP contribution in [0.4, 0.5) is 0 Å². The first-order chi connectivity index (χ1) is 5.27. The average Bonchev–Trinajstić information content (AvgIpc) is 2.09. The molecule has 4 nitrogen and oxygen atoms in total. The molecule has 58 valence electrons. The molecule has 0 amide bonds. The van der Waals surface area contributed by atoms with Crippen LogP contribution in [-0.2, 0) is 4.79 Å². The van der Waals surface area contributed by atoms with Crippen molar-refractivity contribution in [3.05, 3.63) is 37.4 Å². The third-order valence-electron chi connectivity index (χ3n) is 0.652. The van der Waals surface area contributed by atoms with Crippen molar-refractivity contribution in [3.63, 3.8) is 0 Å². The molecule has 0 bridgehead atoms. The van der Waals surface area contributed by atoms with Crippen LogP contribution in [0.25, 0.3) is 0 Å². The van der Waals surface area contributed by atoms with Gasteiger partial charge in [0.2, 0.25) is 0 Å². The van der Waals surface area contributed by atoms with E-state index in [2.05, 4.69) is 16.5 Å². The molecule has 1 aromatic rings. The predicted molar refractivity (Wildman–Crippen MR) is 39.9 cm³/mol. The van der Waals surface area contributed by atoms with Crippen LogP contribution in [0.15, 0.2) is 37.4 Å². The number of hydrogen-bond donors (Lipinski definition) is 1. The summed E-state index contributed by atoms with van der Waals surface area (Å²) in [6.07, 6.45) is 5.71. The molecule has 0 unspecified atom stereocenters. The first-order valence-electron chi connectivity index (χ1n) is 2.82. The molecule has 0 aromatic carbocycles. The van der Waals surface area contributed by atoms with Gasteiger partial charge in [-0.2, -0.15) is 0 Å². The summed E-state index contributed by atoms with van der Waals surface area (Å²) in [6, 6.07) is 1.78. The Bertz CT molecular complexity index is 184. The van der Waals surface area contributed by atoms with Gasteiger partial charge < -0.3 is 5.11 Å². The molecule has 0 saturated carbocycles. The molecule has 0 radical (unpaired) electrons. The summed E-state index contributed by atoms with van der Waals surface area (Å²) < 4.78 is 0. The van der Waals surface area contributed by atoms with Crippen molar-refractivity contribution >= 4 is 5.97 Å². The maximum absolute atomic E-state index is 9.25. The van der Waals surface area contributed by atoms with Crippen LogP contribution in [0, 0.1) is 0 Å². The summed E-state index contributed by atoms with van der Waals surface area (Å²) in [4.78, 5) is 16.6. The highest BCUT2D eigenvalue weighted by molar-refractivity contribution is 5.78. The highest BCUT2D eigenvalue weighted by atomic mass is 16.4. The number of carboxylic acid groups (broad SMARTS) is 1. The van der Waals surface area contributed by atoms with Crippen molar-refractivity contribution in [1.29, 1.82) is 0 Å². The fraction of sp³-hybridized carbons (Fsp3) is 0. The standard InChI is InChI=1S/C4H4N2.C3H4O2/c1-2-5-4-6-3-1;1-2-3(4)5/h1-4H;2H,1H2,(H,4,5). The molecule has 0 spiro atoms. The summed E-state index contributed by atoms with van der Waals surface area (Å²) in [7, 11) is 0. The van der Waals surface area contributed by atoms with E-state index >= 15 is 0 Å². The molecular formula is C7H8N2O2. The second-order valence-corrected chi connectivity index (χ2v) is 1.45. The Balaban J connectivity index is 0.000000187. The van der Waals surface area contributed by atoms with Crippen molar-refractivity contribution in [2.75, 3.05) is 0 Å². The Morgan fingerprint density at radius 1 is 1.45 bits per heavy atom. The van der Waals surface area contributed by atoms with Gasteiger partial charge in [0.1, 0.15) is 6.33 Å². The number of carbonyl (C=O) groups is 1. The molecule has 0 aliphatic carbocycles. The SMILES string of the molecule is C=CC(=O)O.c1cncnc1. The molecule has 1 N–H and O–H groups in total. The number of aliphatic carboxylic acids is 1. The largest absolute Gasteiger partial charge is 0.478 e. The van der Waals surface area contributed by atoms with Crippen molar-refractivity contribution in [2.45, 2.75) is 0 Å². The lowest BCUT2D eigenvalue weighted by atomic mass is 10.7. The van der Waals surface area contributed by atoms with Gasteiger partial charge in [-0.05, 0) is 6.07 Å². The fourth-order valence-corrected chi connectivity index (χ4v) is 0.253. The lowest BCUT2D eigenvalue weighted by Gasteiger charge is -1.70. The first-order valence-corrected chi connectivity index (χ1v) is 2.82. The van der Waals surface area contributed by atoms with Crippen molar-refractivity contribution in [2.24, 2.45) is 0 Å². The summed E-state index contributed by atoms with van der Waals surface area (Å²) in [6.45, 7) is 2.96. The summed E-state index contributed by atoms with van der Waals surface area (Å²) in [5.41, 5.74) is 0. The van der Waals surface area contributed by atoms with Gasteiger partial charge in [0.05, 0.1) is 0 Å². The van der Waals surface area contributed by atoms with Gasteiger partial charge in [-0.15, -0.1) is 0 Å². The molecule has 1 heterocycles. The third kappa shape index (κ3) is 8.29. The topological polar surface area (TPSA) is 63.1 Å². The van der Waals surface area contributed by atoms with Crippen molar-refractivity contribution in [3.8, 4) is 0 Å². The third-order valence-corrected chi connectivity index (χ3v) is 0.652. The van der Waals surface area contributed by atoms with E-state index in [4.69, 9.17) is 5.11 Å². The molecule has 1 aromatic heterocycles. The van der Waals surface area contributed by atoms with E-state index in [1.165, 1.54) is 6.33 Å². The lowest BCUT2D eigenvalue weighted by Crippen LogP contribution is -1.82. The molecular weight excluding hydrogens is 144 g/mol. The molecule has 0 fully saturated rings. The van der Waals surface area contributed by atoms with E-state index < -0.39 is 5.97 Å². The molecule has 0 atom stereocenters. The zero-order valence-electron chi connectivity index (χ0n) is 5.84. The monoisotopic (exact) mass is 152 g/mol. The smallest absolute Gasteiger partial charge is 0.327 e. The van der Waals surface area contributed by atoms with Crippen molar-refractivity contribution < 1.29 is 9.90 Å². The summed E-state index contributed by atoms with van der Waals surface area (Å²) >= 11 is 0. The fourth-order valence-electron chi connectivity index (χ4n) is 0.253. The van der Waals surface area contributed by atoms with Crippen LogP contribution in [0.3, 0.4) is 0 Å². The number of carboxylic acids is 1. The van der Waals surface area contributed by atoms with Gasteiger partial charge in [0.15, 0.2) is 0 Å². The zero-order chi connectivity index (χ0) is 8.53. The summed E-state index contributed by atoms with van der Waals surface area (Å²) in [5.74, 6) is -0.981. The maximum atomic E-state index is 9.25. The number of nitrogens with zero attached hydrogens (tertiary/aromatic N) is 2. The van der Waals surface area contributed by atoms with Crippen molar-refractivity contribution in [1.82, 2.24) is 9.97 Å². The molecule has 1 rings (SSSR count). The van der Waals surface area contributed by atoms with Gasteiger partial charge in [-0.1, -0.05) is 6.58 Å². The summed E-state index contributed by atoms with van der Waals surface area (Å²) in [5, 5.41) is 7.60. The Morgan fingerprint density at radius 3 is 2.00 bits per heavy atom. The normalized spacial score (nSPS) is 7.27. The van der Waals surface area contributed by atoms with Crippen LogP contribution in [0.1, 0.15) is 0 Å². The average molecular weight is 152 g/mol. The van der Waals surface area contributed by atoms with Gasteiger partial charge in [-0.3, -0.25) is 0 Å². The Morgan fingerprint density at radius 2 is 1.91 bits per heavy atom. The molecule has 0 aliphatic heterocycles. The van der Waals surface area contributed by atoms with Crippen LogP contribution in [-0.4, -0.2) is 21.0 Å². The second-order valence-electron chi connectivity index (χ2n) is 1.45. The van der Waals surface area contributed by atoms with E-state index in [9.17, 15) is 4.79 Å². The van der Waals surface area contributed by atoms with Crippen LogP contribution in [0.5, 0.6) is 0 Å². The molecule has 0 saturated heterocycles. The second kappa shape index (κ2) is 6.41. The number of hydrogen-bond acceptors (Lipinski definition) is 3. The Hall–Kier alpha value is -1.71. The van der Waals surface area contributed by atoms with Crippen LogP contribution in [0.2, 0.25) is 0 Å².